The van der Waals surface area contributed by atoms with E-state index in [1.54, 1.807) is 13.8 Å². The molecule has 2 N–H and O–H groups in total. The summed E-state index contributed by atoms with van der Waals surface area (Å²) < 4.78 is 24.6. The average Bonchev–Trinajstić information content (AvgIpc) is 2.66. The van der Waals surface area contributed by atoms with Gasteiger partial charge in [0.1, 0.15) is 18.2 Å². The third-order valence-corrected chi connectivity index (χ3v) is 3.01. The van der Waals surface area contributed by atoms with Crippen molar-refractivity contribution in [1.29, 1.82) is 0 Å². The van der Waals surface area contributed by atoms with Gasteiger partial charge in [-0.25, -0.2) is 4.39 Å². The zero-order valence-electron chi connectivity index (χ0n) is 11.3. The average molecular weight is 268 g/mol. The Kier molecular flexibility index (Phi) is 3.85. The van der Waals surface area contributed by atoms with Gasteiger partial charge < -0.3 is 19.5 Å². The fraction of sp³-hybridized carbons (Fsp3) is 0.538. The summed E-state index contributed by atoms with van der Waals surface area (Å²) in [4.78, 5) is 0. The van der Waals surface area contributed by atoms with Crippen LogP contribution in [0.2, 0.25) is 0 Å². The highest BCUT2D eigenvalue weighted by molar-refractivity contribution is 6.62. The van der Waals surface area contributed by atoms with Crippen LogP contribution in [0.15, 0.2) is 12.1 Å². The van der Waals surface area contributed by atoms with E-state index in [0.717, 1.165) is 0 Å². The minimum atomic E-state index is -1.19. The van der Waals surface area contributed by atoms with Crippen LogP contribution in [-0.4, -0.2) is 29.5 Å². The van der Waals surface area contributed by atoms with Crippen LogP contribution in [0.1, 0.15) is 38.9 Å². The van der Waals surface area contributed by atoms with Gasteiger partial charge in [-0.05, 0) is 32.4 Å². The Morgan fingerprint density at radius 3 is 2.74 bits per heavy atom. The van der Waals surface area contributed by atoms with Crippen molar-refractivity contribution in [3.8, 4) is 5.75 Å². The van der Waals surface area contributed by atoms with Gasteiger partial charge in [-0.15, -0.1) is 0 Å². The van der Waals surface area contributed by atoms with E-state index in [4.69, 9.17) is 9.39 Å². The molecule has 1 aromatic carbocycles. The van der Waals surface area contributed by atoms with Crippen molar-refractivity contribution in [2.75, 3.05) is 6.61 Å². The molecule has 1 aliphatic rings. The lowest BCUT2D eigenvalue weighted by Crippen LogP contribution is -2.34. The minimum Gasteiger partial charge on any atom is -0.491 e. The molecule has 0 amide bonds. The predicted octanol–water partition coefficient (Wildman–Crippen LogP) is 1.14. The molecule has 0 radical (unpaired) electrons. The Morgan fingerprint density at radius 1 is 1.47 bits per heavy atom. The Balaban J connectivity index is 2.35. The lowest BCUT2D eigenvalue weighted by Gasteiger charge is -2.19. The highest BCUT2D eigenvalue weighted by Crippen LogP contribution is 2.32. The summed E-state index contributed by atoms with van der Waals surface area (Å²) in [6.07, 6.45) is 0.103. The van der Waals surface area contributed by atoms with E-state index >= 15 is 0 Å². The molecule has 4 nitrogen and oxygen atoms in total. The van der Waals surface area contributed by atoms with E-state index in [1.165, 1.54) is 12.1 Å². The number of ether oxygens (including phenoxy) is 1. The second kappa shape index (κ2) is 5.11. The first-order chi connectivity index (χ1) is 8.83. The molecule has 0 bridgehead atoms. The van der Waals surface area contributed by atoms with Crippen molar-refractivity contribution in [3.05, 3.63) is 23.5 Å². The zero-order chi connectivity index (χ0) is 14.2. The topological polar surface area (TPSA) is 58.9 Å². The second-order valence-corrected chi connectivity index (χ2v) is 5.36. The second-order valence-electron chi connectivity index (χ2n) is 5.36. The molecule has 0 fully saturated rings. The van der Waals surface area contributed by atoms with Gasteiger partial charge >= 0.3 is 7.12 Å². The lowest BCUT2D eigenvalue weighted by atomic mass is 9.78. The fourth-order valence-electron chi connectivity index (χ4n) is 2.14. The first kappa shape index (κ1) is 14.3. The smallest absolute Gasteiger partial charge is 0.491 e. The van der Waals surface area contributed by atoms with Gasteiger partial charge in [-0.1, -0.05) is 6.92 Å². The molecule has 1 unspecified atom stereocenters. The van der Waals surface area contributed by atoms with Crippen molar-refractivity contribution in [2.45, 2.75) is 38.9 Å². The predicted molar refractivity (Wildman–Crippen MR) is 69.9 cm³/mol. The summed E-state index contributed by atoms with van der Waals surface area (Å²) in [5, 5.41) is 19.5. The normalized spacial score (nSPS) is 18.6. The molecule has 2 rings (SSSR count). The third kappa shape index (κ3) is 2.91. The van der Waals surface area contributed by atoms with Crippen LogP contribution in [0.3, 0.4) is 0 Å². The maximum Gasteiger partial charge on any atom is 0.495 e. The summed E-state index contributed by atoms with van der Waals surface area (Å²) in [6.45, 7) is 5.13. The van der Waals surface area contributed by atoms with E-state index in [2.05, 4.69) is 0 Å². The molecule has 1 heterocycles. The van der Waals surface area contributed by atoms with Gasteiger partial charge in [0.25, 0.3) is 0 Å². The number of benzene rings is 1. The molecule has 0 aliphatic carbocycles. The van der Waals surface area contributed by atoms with E-state index in [9.17, 15) is 14.5 Å². The van der Waals surface area contributed by atoms with Crippen molar-refractivity contribution in [1.82, 2.24) is 0 Å². The molecule has 6 heteroatoms. The van der Waals surface area contributed by atoms with Gasteiger partial charge in [-0.3, -0.25) is 0 Å². The molecule has 0 saturated heterocycles. The van der Waals surface area contributed by atoms with E-state index in [0.29, 0.717) is 23.2 Å². The lowest BCUT2D eigenvalue weighted by molar-refractivity contribution is 0.0288. The Morgan fingerprint density at radius 2 is 2.16 bits per heavy atom. The maximum absolute atomic E-state index is 13.9. The van der Waals surface area contributed by atoms with Crippen LogP contribution in [0.4, 0.5) is 4.39 Å². The van der Waals surface area contributed by atoms with Gasteiger partial charge in [-0.2, -0.15) is 0 Å². The molecule has 0 saturated carbocycles. The van der Waals surface area contributed by atoms with E-state index in [1.807, 2.05) is 6.92 Å². The largest absolute Gasteiger partial charge is 0.495 e. The van der Waals surface area contributed by atoms with Gasteiger partial charge in [0.15, 0.2) is 0 Å². The van der Waals surface area contributed by atoms with Gasteiger partial charge in [0.05, 0.1) is 11.7 Å². The molecular formula is C13H18BFO4. The van der Waals surface area contributed by atoms with Crippen LogP contribution in [0.25, 0.3) is 0 Å². The molecule has 1 aliphatic heterocycles. The highest BCUT2D eigenvalue weighted by Gasteiger charge is 2.39. The summed E-state index contributed by atoms with van der Waals surface area (Å²) in [7, 11) is -1.19. The van der Waals surface area contributed by atoms with Crippen LogP contribution in [-0.2, 0) is 4.65 Å². The summed E-state index contributed by atoms with van der Waals surface area (Å²) in [5.41, 5.74) is -0.324. The zero-order valence-corrected chi connectivity index (χ0v) is 11.3. The standard InChI is InChI=1S/C13H18BFO4/c1-4-9-11-8(15)5-6-10(12(11)14(17)19-9)18-7-13(2,3)16/h5-6,9,16-17H,4,7H2,1-3H3. The summed E-state index contributed by atoms with van der Waals surface area (Å²) in [6, 6.07) is 2.74. The number of aliphatic hydroxyl groups is 1. The number of rotatable bonds is 4. The molecular weight excluding hydrogens is 250 g/mol. The number of halogens is 1. The molecule has 19 heavy (non-hydrogen) atoms. The van der Waals surface area contributed by atoms with Crippen molar-refractivity contribution < 1.29 is 23.9 Å². The monoisotopic (exact) mass is 268 g/mol. The van der Waals surface area contributed by atoms with Crippen LogP contribution in [0.5, 0.6) is 5.75 Å². The Bertz CT molecular complexity index is 472. The van der Waals surface area contributed by atoms with Crippen LogP contribution < -0.4 is 10.2 Å². The molecule has 0 spiro atoms. The highest BCUT2D eigenvalue weighted by atomic mass is 19.1. The third-order valence-electron chi connectivity index (χ3n) is 3.01. The first-order valence-corrected chi connectivity index (χ1v) is 6.34. The fourth-order valence-corrected chi connectivity index (χ4v) is 2.14. The Labute approximate surface area is 112 Å². The van der Waals surface area contributed by atoms with Crippen molar-refractivity contribution >= 4 is 12.6 Å². The van der Waals surface area contributed by atoms with E-state index in [-0.39, 0.29) is 6.61 Å². The van der Waals surface area contributed by atoms with Gasteiger partial charge in [0.2, 0.25) is 0 Å². The van der Waals surface area contributed by atoms with Gasteiger partial charge in [0, 0.05) is 11.0 Å². The molecule has 1 atom stereocenters. The molecule has 0 aromatic heterocycles. The molecule has 104 valence electrons. The first-order valence-electron chi connectivity index (χ1n) is 6.34. The Hall–Kier alpha value is -1.11. The SMILES string of the molecule is CCC1OB(O)c2c(OCC(C)(C)O)ccc(F)c21. The quantitative estimate of drug-likeness (QED) is 0.804. The van der Waals surface area contributed by atoms with E-state index < -0.39 is 24.6 Å². The summed E-state index contributed by atoms with van der Waals surface area (Å²) >= 11 is 0. The van der Waals surface area contributed by atoms with Crippen molar-refractivity contribution in [2.24, 2.45) is 0 Å². The maximum atomic E-state index is 13.9. The van der Waals surface area contributed by atoms with Crippen LogP contribution in [0, 0.1) is 5.82 Å². The number of hydrogen-bond acceptors (Lipinski definition) is 4. The number of hydrogen-bond donors (Lipinski definition) is 2. The number of fused-ring (bicyclic) bond motifs is 1. The van der Waals surface area contributed by atoms with Crippen molar-refractivity contribution in [3.63, 3.8) is 0 Å². The minimum absolute atomic E-state index is 0.0502. The molecule has 1 aromatic rings. The van der Waals surface area contributed by atoms with Crippen LogP contribution >= 0.6 is 0 Å². The summed E-state index contributed by atoms with van der Waals surface area (Å²) in [5.74, 6) is -0.0593.